The molecule has 6 nitrogen and oxygen atoms in total. The number of hydrogen-bond acceptors (Lipinski definition) is 6. The molecule has 0 spiro atoms. The highest BCUT2D eigenvalue weighted by atomic mass is 33.6. The molecule has 0 unspecified atom stereocenters. The summed E-state index contributed by atoms with van der Waals surface area (Å²) in [5, 5.41) is 0. The van der Waals surface area contributed by atoms with Crippen molar-refractivity contribution >= 4 is 25.5 Å². The van der Waals surface area contributed by atoms with Crippen LogP contribution in [0.4, 0.5) is 0 Å². The van der Waals surface area contributed by atoms with E-state index in [1.165, 1.54) is 24.3 Å². The van der Waals surface area contributed by atoms with Crippen LogP contribution in [-0.2, 0) is 25.5 Å². The zero-order valence-electron chi connectivity index (χ0n) is 12.4. The fourth-order valence-electron chi connectivity index (χ4n) is 1.78. The lowest BCUT2D eigenvalue weighted by molar-refractivity contribution is 0.599. The van der Waals surface area contributed by atoms with Crippen molar-refractivity contribution in [2.24, 2.45) is 0 Å². The molecule has 0 atom stereocenters. The highest BCUT2D eigenvalue weighted by Crippen LogP contribution is 2.28. The van der Waals surface area contributed by atoms with Crippen LogP contribution in [0.3, 0.4) is 0 Å². The lowest BCUT2D eigenvalue weighted by Crippen LogP contribution is -2.23. The smallest absolute Gasteiger partial charge is 0.227 e. The maximum atomic E-state index is 12.5. The second kappa shape index (κ2) is 5.73. The summed E-state index contributed by atoms with van der Waals surface area (Å²) < 4.78 is 69.8. The van der Waals surface area contributed by atoms with Crippen molar-refractivity contribution in [3.05, 3.63) is 59.7 Å². The third kappa shape index (κ3) is 2.91. The van der Waals surface area contributed by atoms with Crippen molar-refractivity contribution < 1.29 is 21.0 Å². The average Bonchev–Trinajstić information content (AvgIpc) is 2.47. The van der Waals surface area contributed by atoms with Gasteiger partial charge in [0.15, 0.2) is 0 Å². The first-order valence-corrected chi connectivity index (χ1v) is 12.0. The Kier molecular flexibility index (Phi) is 4.40. The highest BCUT2D eigenvalue weighted by Gasteiger charge is 2.41. The Morgan fingerprint density at radius 1 is 0.609 bits per heavy atom. The van der Waals surface area contributed by atoms with Gasteiger partial charge < -0.3 is 0 Å². The summed E-state index contributed by atoms with van der Waals surface area (Å²) in [6.07, 6.45) is 0. The third-order valence-electron chi connectivity index (χ3n) is 3.20. The minimum Gasteiger partial charge on any atom is -0.227 e. The summed E-state index contributed by atoms with van der Waals surface area (Å²) in [6, 6.07) is 10.4. The molecule has 0 aliphatic heterocycles. The van der Waals surface area contributed by atoms with Gasteiger partial charge in [0.1, 0.15) is 0 Å². The second-order valence-corrected chi connectivity index (χ2v) is 14.7. The predicted molar refractivity (Wildman–Crippen MR) is 87.6 cm³/mol. The zero-order valence-corrected chi connectivity index (χ0v) is 14.8. The molecule has 1 N–H and O–H groups in total. The number of nitrogens with one attached hydrogen (secondary N) is 1. The molecule has 0 aliphatic rings. The van der Waals surface area contributed by atoms with E-state index in [1.807, 2.05) is 0 Å². The largest absolute Gasteiger partial charge is 0.278 e. The molecule has 124 valence electrons. The molecule has 9 heteroatoms. The van der Waals surface area contributed by atoms with Crippen LogP contribution in [0.5, 0.6) is 0 Å². The normalized spacial score (nSPS) is 13.0. The number of aryl methyl sites for hydroxylation is 2. The van der Waals surface area contributed by atoms with Gasteiger partial charge in [-0.05, 0) is 38.1 Å². The molecule has 23 heavy (non-hydrogen) atoms. The van der Waals surface area contributed by atoms with Gasteiger partial charge in [-0.25, -0.2) is 25.8 Å². The lowest BCUT2D eigenvalue weighted by Gasteiger charge is -2.10. The number of rotatable bonds is 4. The Morgan fingerprint density at radius 2 is 0.870 bits per heavy atom. The van der Waals surface area contributed by atoms with Crippen molar-refractivity contribution in [3.63, 3.8) is 0 Å². The van der Waals surface area contributed by atoms with Crippen LogP contribution in [-0.4, -0.2) is 21.0 Å². The second-order valence-electron chi connectivity index (χ2n) is 4.99. The van der Waals surface area contributed by atoms with E-state index >= 15 is 0 Å². The third-order valence-corrected chi connectivity index (χ3v) is 13.9. The molecule has 0 amide bonds. The van der Waals surface area contributed by atoms with Crippen molar-refractivity contribution in [2.45, 2.75) is 23.6 Å². The minimum atomic E-state index is -5.03. The van der Waals surface area contributed by atoms with Crippen molar-refractivity contribution in [3.8, 4) is 0 Å². The molecule has 0 aromatic heterocycles. The molecule has 0 radical (unpaired) electrons. The molecule has 0 fully saturated rings. The van der Waals surface area contributed by atoms with Gasteiger partial charge in [0.2, 0.25) is 0 Å². The fraction of sp³-hybridized carbons (Fsp3) is 0.143. The highest BCUT2D eigenvalue weighted by molar-refractivity contribution is 8.99. The van der Waals surface area contributed by atoms with E-state index in [0.717, 1.165) is 35.4 Å². The Bertz CT molecular complexity index is 953. The molecule has 0 aliphatic carbocycles. The SMILES string of the molecule is Cc1ccc(S(=O)(=O)S(=N)(=O)S(=O)(=O)c2ccc(C)cc2)cc1. The van der Waals surface area contributed by atoms with E-state index in [1.54, 1.807) is 13.8 Å². The van der Waals surface area contributed by atoms with Gasteiger partial charge >= 0.3 is 0 Å². The molecular formula is C14H15NO5S3. The Balaban J connectivity index is 2.65. The van der Waals surface area contributed by atoms with Crippen molar-refractivity contribution in [1.82, 2.24) is 0 Å². The van der Waals surface area contributed by atoms with E-state index in [2.05, 4.69) is 0 Å². The van der Waals surface area contributed by atoms with E-state index < -0.39 is 35.3 Å². The number of hydrogen-bond donors (Lipinski definition) is 1. The van der Waals surface area contributed by atoms with Crippen molar-refractivity contribution in [1.29, 1.82) is 4.78 Å². The monoisotopic (exact) mass is 373 g/mol. The fourth-order valence-corrected chi connectivity index (χ4v) is 9.89. The van der Waals surface area contributed by atoms with Crippen LogP contribution >= 0.6 is 0 Å². The van der Waals surface area contributed by atoms with Gasteiger partial charge in [-0.15, -0.1) is 0 Å². The predicted octanol–water partition coefficient (Wildman–Crippen LogP) is 2.43. The summed E-state index contributed by atoms with van der Waals surface area (Å²) in [6.45, 7) is 3.44. The van der Waals surface area contributed by atoms with E-state index in [4.69, 9.17) is 4.78 Å². The Morgan fingerprint density at radius 3 is 1.13 bits per heavy atom. The van der Waals surface area contributed by atoms with Crippen LogP contribution in [0.25, 0.3) is 0 Å². The van der Waals surface area contributed by atoms with Gasteiger partial charge in [0.25, 0.3) is 25.5 Å². The van der Waals surface area contributed by atoms with Gasteiger partial charge in [-0.1, -0.05) is 35.4 Å². The molecule has 0 heterocycles. The van der Waals surface area contributed by atoms with E-state index in [-0.39, 0.29) is 0 Å². The van der Waals surface area contributed by atoms with Gasteiger partial charge in [0.05, 0.1) is 9.79 Å². The lowest BCUT2D eigenvalue weighted by atomic mass is 10.2. The summed E-state index contributed by atoms with van der Waals surface area (Å²) in [5.74, 6) is 0. The van der Waals surface area contributed by atoms with Crippen LogP contribution in [0, 0.1) is 18.6 Å². The molecule has 0 bridgehead atoms. The maximum absolute atomic E-state index is 12.5. The first-order valence-electron chi connectivity index (χ1n) is 6.42. The van der Waals surface area contributed by atoms with Gasteiger partial charge in [0, 0.05) is 0 Å². The van der Waals surface area contributed by atoms with E-state index in [0.29, 0.717) is 0 Å². The minimum absolute atomic E-state index is 0.459. The van der Waals surface area contributed by atoms with Gasteiger partial charge in [-0.2, -0.15) is 0 Å². The van der Waals surface area contributed by atoms with Crippen LogP contribution in [0.2, 0.25) is 0 Å². The molecule has 2 rings (SSSR count). The topological polar surface area (TPSA) is 109 Å². The molecule has 0 saturated heterocycles. The quantitative estimate of drug-likeness (QED) is 0.828. The zero-order chi connectivity index (χ0) is 17.5. The first kappa shape index (κ1) is 17.6. The Hall–Kier alpha value is -1.71. The van der Waals surface area contributed by atoms with Crippen molar-refractivity contribution in [2.75, 3.05) is 0 Å². The maximum Gasteiger partial charge on any atom is 0.278 e. The van der Waals surface area contributed by atoms with Crippen LogP contribution in [0.15, 0.2) is 58.3 Å². The first-order chi connectivity index (χ1) is 10.5. The van der Waals surface area contributed by atoms with Crippen LogP contribution < -0.4 is 0 Å². The summed E-state index contributed by atoms with van der Waals surface area (Å²) in [5.41, 5.74) is 1.50. The molecular weight excluding hydrogens is 358 g/mol. The molecule has 2 aromatic rings. The summed E-state index contributed by atoms with van der Waals surface area (Å²) >= 11 is 0. The average molecular weight is 373 g/mol. The Labute approximate surface area is 134 Å². The van der Waals surface area contributed by atoms with Gasteiger partial charge in [-0.3, -0.25) is 0 Å². The number of benzene rings is 2. The summed E-state index contributed by atoms with van der Waals surface area (Å²) in [7, 11) is -14.8. The van der Waals surface area contributed by atoms with Crippen LogP contribution in [0.1, 0.15) is 11.1 Å². The van der Waals surface area contributed by atoms with E-state index in [9.17, 15) is 21.0 Å². The summed E-state index contributed by atoms with van der Waals surface area (Å²) in [4.78, 5) is -0.919. The molecule has 2 aromatic carbocycles. The molecule has 0 saturated carbocycles. The standard InChI is InChI=1S/C14H15NO5S3/c1-11-3-7-13(8-4-11)21(16,17)23(15,20)22(18,19)14-9-5-12(2)6-10-14/h3-10,15H,1-2H3.